The van der Waals surface area contributed by atoms with Crippen LogP contribution < -0.4 is 5.43 Å². The summed E-state index contributed by atoms with van der Waals surface area (Å²) in [7, 11) is 0. The second-order valence-electron chi connectivity index (χ2n) is 5.09. The van der Waals surface area contributed by atoms with E-state index in [1.165, 1.54) is 36.2 Å². The molecule has 5 heteroatoms. The van der Waals surface area contributed by atoms with E-state index in [1.54, 1.807) is 24.3 Å². The number of hydrogen-bond donors (Lipinski definition) is 1. The van der Waals surface area contributed by atoms with E-state index in [1.807, 2.05) is 6.08 Å². The Morgan fingerprint density at radius 3 is 2.45 bits per heavy atom. The molecule has 0 aromatic heterocycles. The zero-order chi connectivity index (χ0) is 15.7. The Hall–Kier alpha value is -2.69. The molecule has 112 valence electrons. The Morgan fingerprint density at radius 1 is 1.09 bits per heavy atom. The lowest BCUT2D eigenvalue weighted by Crippen LogP contribution is -2.37. The molecular weight excluding hydrogens is 286 g/mol. The first kappa shape index (κ1) is 14.3. The number of carbonyl (C=O) groups is 1. The highest BCUT2D eigenvalue weighted by Crippen LogP contribution is 2.31. The summed E-state index contributed by atoms with van der Waals surface area (Å²) in [6.07, 6.45) is 1.82. The Bertz CT molecular complexity index is 741. The first-order valence-corrected chi connectivity index (χ1v) is 6.84. The molecule has 2 aromatic rings. The third kappa shape index (κ3) is 2.70. The molecule has 1 aliphatic heterocycles. The molecule has 0 saturated carbocycles. The van der Waals surface area contributed by atoms with Gasteiger partial charge in [-0.15, -0.1) is 0 Å². The molecule has 1 aliphatic rings. The van der Waals surface area contributed by atoms with Crippen LogP contribution in [0.4, 0.5) is 8.78 Å². The number of rotatable bonds is 2. The van der Waals surface area contributed by atoms with Crippen molar-refractivity contribution in [2.45, 2.75) is 13.0 Å². The normalized spacial score (nSPS) is 17.1. The van der Waals surface area contributed by atoms with E-state index in [2.05, 4.69) is 5.43 Å². The van der Waals surface area contributed by atoms with Gasteiger partial charge in [-0.25, -0.2) is 13.8 Å². The van der Waals surface area contributed by atoms with Gasteiger partial charge in [-0.1, -0.05) is 12.1 Å². The van der Waals surface area contributed by atoms with Crippen molar-refractivity contribution >= 4 is 11.6 Å². The van der Waals surface area contributed by atoms with E-state index in [4.69, 9.17) is 0 Å². The molecule has 0 radical (unpaired) electrons. The fraction of sp³-hybridized carbons (Fsp3) is 0.118. The van der Waals surface area contributed by atoms with E-state index < -0.39 is 6.04 Å². The van der Waals surface area contributed by atoms with Gasteiger partial charge in [0.15, 0.2) is 0 Å². The maximum atomic E-state index is 13.4. The van der Waals surface area contributed by atoms with Gasteiger partial charge in [0.2, 0.25) is 5.91 Å². The van der Waals surface area contributed by atoms with Crippen molar-refractivity contribution in [2.75, 3.05) is 0 Å². The molecule has 1 heterocycles. The topological polar surface area (TPSA) is 32.3 Å². The first-order chi connectivity index (χ1) is 10.5. The van der Waals surface area contributed by atoms with Gasteiger partial charge in [-0.05, 0) is 53.6 Å². The molecule has 3 nitrogen and oxygen atoms in total. The standard InChI is InChI=1S/C17H14F2N2O/c1-11(22)21-17(13-3-2-4-15(19)9-13)10-16(20-21)12-5-7-14(18)8-6-12/h2-10,17,20H,1H3/t17-/m0/s1. The largest absolute Gasteiger partial charge is 0.295 e. The van der Waals surface area contributed by atoms with Crippen LogP contribution in [-0.4, -0.2) is 10.9 Å². The van der Waals surface area contributed by atoms with Gasteiger partial charge in [-0.2, -0.15) is 0 Å². The number of halogens is 2. The number of hydrogen-bond acceptors (Lipinski definition) is 2. The van der Waals surface area contributed by atoms with Crippen LogP contribution >= 0.6 is 0 Å². The number of carbonyl (C=O) groups excluding carboxylic acids is 1. The van der Waals surface area contributed by atoms with Crippen LogP contribution in [0.2, 0.25) is 0 Å². The Labute approximate surface area is 126 Å². The van der Waals surface area contributed by atoms with E-state index in [0.717, 1.165) is 5.56 Å². The minimum Gasteiger partial charge on any atom is -0.295 e. The number of benzene rings is 2. The van der Waals surface area contributed by atoms with Gasteiger partial charge in [-0.3, -0.25) is 10.2 Å². The highest BCUT2D eigenvalue weighted by atomic mass is 19.1. The van der Waals surface area contributed by atoms with Crippen LogP contribution in [0.5, 0.6) is 0 Å². The molecule has 0 bridgehead atoms. The van der Waals surface area contributed by atoms with Crippen molar-refractivity contribution in [3.05, 3.63) is 77.4 Å². The second-order valence-corrected chi connectivity index (χ2v) is 5.09. The predicted octanol–water partition coefficient (Wildman–Crippen LogP) is 3.41. The van der Waals surface area contributed by atoms with Crippen molar-refractivity contribution in [1.29, 1.82) is 0 Å². The summed E-state index contributed by atoms with van der Waals surface area (Å²) < 4.78 is 26.4. The highest BCUT2D eigenvalue weighted by molar-refractivity contribution is 5.79. The zero-order valence-electron chi connectivity index (χ0n) is 11.9. The summed E-state index contributed by atoms with van der Waals surface area (Å²) in [6, 6.07) is 11.7. The molecule has 1 atom stereocenters. The minimum absolute atomic E-state index is 0.192. The Kier molecular flexibility index (Phi) is 3.63. The Balaban J connectivity index is 1.98. The summed E-state index contributed by atoms with van der Waals surface area (Å²) in [4.78, 5) is 11.8. The second kappa shape index (κ2) is 5.60. The number of nitrogens with zero attached hydrogens (tertiary/aromatic N) is 1. The maximum absolute atomic E-state index is 13.4. The zero-order valence-corrected chi connectivity index (χ0v) is 11.9. The summed E-state index contributed by atoms with van der Waals surface area (Å²) in [6.45, 7) is 1.43. The summed E-state index contributed by atoms with van der Waals surface area (Å²) in [5.41, 5.74) is 5.10. The molecule has 0 aliphatic carbocycles. The molecule has 2 aromatic carbocycles. The monoisotopic (exact) mass is 300 g/mol. The van der Waals surface area contributed by atoms with Crippen LogP contribution in [0, 0.1) is 11.6 Å². The van der Waals surface area contributed by atoms with Crippen molar-refractivity contribution in [2.24, 2.45) is 0 Å². The SMILES string of the molecule is CC(=O)N1NC(c2ccc(F)cc2)=C[C@H]1c1cccc(F)c1. The summed E-state index contributed by atoms with van der Waals surface area (Å²) in [5, 5.41) is 1.42. The third-order valence-electron chi connectivity index (χ3n) is 3.53. The van der Waals surface area contributed by atoms with Crippen LogP contribution in [0.3, 0.4) is 0 Å². The van der Waals surface area contributed by atoms with E-state index in [9.17, 15) is 13.6 Å². The average Bonchev–Trinajstić information content (AvgIpc) is 2.93. The lowest BCUT2D eigenvalue weighted by Gasteiger charge is -2.24. The van der Waals surface area contributed by atoms with Crippen molar-refractivity contribution in [3.63, 3.8) is 0 Å². The molecule has 1 N–H and O–H groups in total. The lowest BCUT2D eigenvalue weighted by atomic mass is 10.0. The minimum atomic E-state index is -0.409. The smallest absolute Gasteiger partial charge is 0.238 e. The van der Waals surface area contributed by atoms with Crippen LogP contribution in [-0.2, 0) is 4.79 Å². The molecule has 22 heavy (non-hydrogen) atoms. The van der Waals surface area contributed by atoms with Crippen LogP contribution in [0.1, 0.15) is 24.1 Å². The van der Waals surface area contributed by atoms with Crippen LogP contribution in [0.15, 0.2) is 54.6 Å². The van der Waals surface area contributed by atoms with Gasteiger partial charge in [0.25, 0.3) is 0 Å². The molecule has 3 rings (SSSR count). The molecule has 1 amide bonds. The van der Waals surface area contributed by atoms with Crippen molar-refractivity contribution < 1.29 is 13.6 Å². The van der Waals surface area contributed by atoms with E-state index in [0.29, 0.717) is 11.3 Å². The van der Waals surface area contributed by atoms with Gasteiger partial charge >= 0.3 is 0 Å². The Morgan fingerprint density at radius 2 is 1.82 bits per heavy atom. The fourth-order valence-electron chi connectivity index (χ4n) is 2.47. The first-order valence-electron chi connectivity index (χ1n) is 6.84. The fourth-order valence-corrected chi connectivity index (χ4v) is 2.47. The van der Waals surface area contributed by atoms with Crippen molar-refractivity contribution in [1.82, 2.24) is 10.4 Å². The van der Waals surface area contributed by atoms with Crippen molar-refractivity contribution in [3.8, 4) is 0 Å². The highest BCUT2D eigenvalue weighted by Gasteiger charge is 2.28. The predicted molar refractivity (Wildman–Crippen MR) is 79.2 cm³/mol. The number of hydrazine groups is 1. The maximum Gasteiger partial charge on any atom is 0.238 e. The van der Waals surface area contributed by atoms with Gasteiger partial charge in [0.05, 0.1) is 11.7 Å². The third-order valence-corrected chi connectivity index (χ3v) is 3.53. The molecule has 0 spiro atoms. The van der Waals surface area contributed by atoms with Gasteiger partial charge in [0.1, 0.15) is 11.6 Å². The number of nitrogens with one attached hydrogen (secondary N) is 1. The summed E-state index contributed by atoms with van der Waals surface area (Å²) >= 11 is 0. The molecular formula is C17H14F2N2O. The molecule has 0 saturated heterocycles. The van der Waals surface area contributed by atoms with Crippen LogP contribution in [0.25, 0.3) is 5.70 Å². The average molecular weight is 300 g/mol. The molecule has 0 unspecified atom stereocenters. The van der Waals surface area contributed by atoms with Gasteiger partial charge < -0.3 is 0 Å². The quantitative estimate of drug-likeness (QED) is 0.921. The van der Waals surface area contributed by atoms with E-state index >= 15 is 0 Å². The molecule has 0 fully saturated rings. The number of amides is 1. The summed E-state index contributed by atoms with van der Waals surface area (Å²) in [5.74, 6) is -0.875. The van der Waals surface area contributed by atoms with Gasteiger partial charge in [0, 0.05) is 6.92 Å². The van der Waals surface area contributed by atoms with E-state index in [-0.39, 0.29) is 17.5 Å². The lowest BCUT2D eigenvalue weighted by molar-refractivity contribution is -0.132.